The maximum absolute atomic E-state index is 12.9. The number of carbonyl (C=O) groups excluding carboxylic acids is 3. The van der Waals surface area contributed by atoms with E-state index in [4.69, 9.17) is 4.74 Å². The molecule has 1 aromatic carbocycles. The van der Waals surface area contributed by atoms with E-state index in [-0.39, 0.29) is 22.5 Å². The summed E-state index contributed by atoms with van der Waals surface area (Å²) in [5.74, 6) is -2.63. The van der Waals surface area contributed by atoms with Gasteiger partial charge in [0.25, 0.3) is 0 Å². The number of thiophene rings is 1. The van der Waals surface area contributed by atoms with Gasteiger partial charge in [-0.3, -0.25) is 9.59 Å². The number of anilines is 1. The molecule has 1 aromatic heterocycles. The van der Waals surface area contributed by atoms with Gasteiger partial charge in [0, 0.05) is 16.2 Å². The molecule has 2 aromatic rings. The number of hydrogen-bond donors (Lipinski definition) is 1. The molecule has 0 radical (unpaired) electrons. The second-order valence-corrected chi connectivity index (χ2v) is 8.23. The van der Waals surface area contributed by atoms with Gasteiger partial charge in [-0.05, 0) is 25.1 Å². The highest BCUT2D eigenvalue weighted by atomic mass is 32.2. The monoisotopic (exact) mass is 405 g/mol. The number of aromatic carboxylic acids is 1. The maximum atomic E-state index is 12.9. The Morgan fingerprint density at radius 3 is 2.63 bits per heavy atom. The van der Waals surface area contributed by atoms with Crippen LogP contribution in [0.3, 0.4) is 0 Å². The van der Waals surface area contributed by atoms with E-state index in [0.717, 1.165) is 32.9 Å². The van der Waals surface area contributed by atoms with Crippen LogP contribution in [0.5, 0.6) is 0 Å². The summed E-state index contributed by atoms with van der Waals surface area (Å²) in [5, 5.41) is 8.77. The molecule has 0 saturated carbocycles. The number of ether oxygens (including phenoxy) is 1. The summed E-state index contributed by atoms with van der Waals surface area (Å²) < 4.78 is 4.73. The number of thioether (sulfide) groups is 1. The fourth-order valence-electron chi connectivity index (χ4n) is 2.73. The Hall–Kier alpha value is -2.65. The lowest BCUT2D eigenvalue weighted by atomic mass is 10.2. The van der Waals surface area contributed by atoms with Crippen molar-refractivity contribution in [2.24, 2.45) is 0 Å². The smallest absolute Gasteiger partial charge is 0.340 e. The molecule has 1 aliphatic heterocycles. The molecule has 0 aliphatic carbocycles. The molecule has 1 saturated heterocycles. The van der Waals surface area contributed by atoms with Crippen molar-refractivity contribution < 1.29 is 29.0 Å². The number of methoxy groups -OCH3 is 1. The highest BCUT2D eigenvalue weighted by Crippen LogP contribution is 2.39. The third-order valence-corrected chi connectivity index (χ3v) is 6.23. The topological polar surface area (TPSA) is 101 Å². The minimum Gasteiger partial charge on any atom is -0.478 e. The lowest BCUT2D eigenvalue weighted by Crippen LogP contribution is -2.31. The van der Waals surface area contributed by atoms with E-state index in [9.17, 15) is 24.3 Å². The van der Waals surface area contributed by atoms with Crippen molar-refractivity contribution in [1.29, 1.82) is 0 Å². The molecule has 1 fully saturated rings. The highest BCUT2D eigenvalue weighted by Gasteiger charge is 2.43. The van der Waals surface area contributed by atoms with E-state index in [1.54, 1.807) is 31.2 Å². The first-order chi connectivity index (χ1) is 12.8. The van der Waals surface area contributed by atoms with Crippen LogP contribution in [0, 0.1) is 6.92 Å². The minimum atomic E-state index is -1.10. The minimum absolute atomic E-state index is 0.0726. The number of nitrogens with zero attached hydrogens (tertiary/aromatic N) is 1. The number of carbonyl (C=O) groups is 4. The van der Waals surface area contributed by atoms with E-state index in [0.29, 0.717) is 4.90 Å². The number of hydrogen-bond acceptors (Lipinski definition) is 7. The van der Waals surface area contributed by atoms with Crippen LogP contribution in [-0.4, -0.2) is 41.2 Å². The van der Waals surface area contributed by atoms with Gasteiger partial charge in [0.1, 0.15) is 5.00 Å². The molecule has 2 amide bonds. The largest absolute Gasteiger partial charge is 0.478 e. The van der Waals surface area contributed by atoms with E-state index in [1.165, 1.54) is 13.2 Å². The summed E-state index contributed by atoms with van der Waals surface area (Å²) in [6, 6.07) is 7.89. The first-order valence-corrected chi connectivity index (χ1v) is 9.57. The van der Waals surface area contributed by atoms with Crippen LogP contribution in [0.15, 0.2) is 35.2 Å². The Kier molecular flexibility index (Phi) is 5.33. The number of esters is 1. The molecule has 27 heavy (non-hydrogen) atoms. The molecule has 9 heteroatoms. The van der Waals surface area contributed by atoms with Crippen molar-refractivity contribution in [2.75, 3.05) is 12.0 Å². The molecule has 1 aliphatic rings. The summed E-state index contributed by atoms with van der Waals surface area (Å²) in [7, 11) is 1.23. The van der Waals surface area contributed by atoms with Crippen molar-refractivity contribution >= 4 is 51.9 Å². The second-order valence-electron chi connectivity index (χ2n) is 5.75. The summed E-state index contributed by atoms with van der Waals surface area (Å²) in [4.78, 5) is 50.9. The van der Waals surface area contributed by atoms with Gasteiger partial charge in [-0.25, -0.2) is 14.5 Å². The molecule has 1 atom stereocenters. The standard InChI is InChI=1S/C18H15NO6S2/c1-9-7-11(18(24)25-2)16(26-9)19-14(20)8-13(15(19)21)27-12-6-4-3-5-10(12)17(22)23/h3-7,13H,8H2,1-2H3,(H,22,23)/t13-/m0/s1. The number of carboxylic acids is 1. The second kappa shape index (κ2) is 7.53. The first kappa shape index (κ1) is 19.1. The van der Waals surface area contributed by atoms with Crippen molar-refractivity contribution in [1.82, 2.24) is 0 Å². The van der Waals surface area contributed by atoms with Gasteiger partial charge in [-0.2, -0.15) is 0 Å². The highest BCUT2D eigenvalue weighted by molar-refractivity contribution is 8.00. The van der Waals surface area contributed by atoms with Crippen LogP contribution < -0.4 is 4.90 Å². The van der Waals surface area contributed by atoms with Crippen LogP contribution >= 0.6 is 23.1 Å². The van der Waals surface area contributed by atoms with E-state index in [2.05, 4.69) is 0 Å². The number of carboxylic acid groups (broad SMARTS) is 1. The van der Waals surface area contributed by atoms with Crippen LogP contribution in [-0.2, 0) is 14.3 Å². The third-order valence-electron chi connectivity index (χ3n) is 3.94. The average Bonchev–Trinajstić information content (AvgIpc) is 3.14. The van der Waals surface area contributed by atoms with Crippen LogP contribution in [0.1, 0.15) is 32.0 Å². The maximum Gasteiger partial charge on any atom is 0.340 e. The summed E-state index contributed by atoms with van der Waals surface area (Å²) in [6.45, 7) is 1.76. The Balaban J connectivity index is 1.91. The van der Waals surface area contributed by atoms with Crippen molar-refractivity contribution in [2.45, 2.75) is 23.5 Å². The third kappa shape index (κ3) is 3.60. The SMILES string of the molecule is COC(=O)c1cc(C)sc1N1C(=O)C[C@H](Sc2ccccc2C(=O)O)C1=O. The summed E-state index contributed by atoms with van der Waals surface area (Å²) in [5.41, 5.74) is 0.238. The lowest BCUT2D eigenvalue weighted by molar-refractivity contribution is -0.121. The van der Waals surface area contributed by atoms with E-state index in [1.807, 2.05) is 0 Å². The first-order valence-electron chi connectivity index (χ1n) is 7.88. The van der Waals surface area contributed by atoms with Crippen molar-refractivity contribution in [3.8, 4) is 0 Å². The Labute approximate surface area is 162 Å². The molecule has 0 unspecified atom stereocenters. The van der Waals surface area contributed by atoms with Gasteiger partial charge in [0.05, 0.1) is 23.5 Å². The fraction of sp³-hybridized carbons (Fsp3) is 0.222. The van der Waals surface area contributed by atoms with Crippen LogP contribution in [0.2, 0.25) is 0 Å². The van der Waals surface area contributed by atoms with Crippen LogP contribution in [0.25, 0.3) is 0 Å². The van der Waals surface area contributed by atoms with Gasteiger partial charge < -0.3 is 9.84 Å². The molecule has 7 nitrogen and oxygen atoms in total. The molecular formula is C18H15NO6S2. The quantitative estimate of drug-likeness (QED) is 0.603. The number of amides is 2. The number of rotatable bonds is 5. The molecular weight excluding hydrogens is 390 g/mol. The summed E-state index contributed by atoms with van der Waals surface area (Å²) in [6.07, 6.45) is -0.0744. The van der Waals surface area contributed by atoms with Gasteiger partial charge in [0.2, 0.25) is 11.8 Å². The molecule has 2 heterocycles. The zero-order valence-corrected chi connectivity index (χ0v) is 16.1. The zero-order chi connectivity index (χ0) is 19.7. The number of imide groups is 1. The average molecular weight is 405 g/mol. The number of benzene rings is 1. The predicted octanol–water partition coefficient (Wildman–Crippen LogP) is 2.97. The number of aryl methyl sites for hydroxylation is 1. The van der Waals surface area contributed by atoms with Crippen molar-refractivity contribution in [3.63, 3.8) is 0 Å². The van der Waals surface area contributed by atoms with E-state index < -0.39 is 29.0 Å². The molecule has 0 bridgehead atoms. The van der Waals surface area contributed by atoms with Crippen LogP contribution in [0.4, 0.5) is 5.00 Å². The lowest BCUT2D eigenvalue weighted by Gasteiger charge is -2.15. The summed E-state index contributed by atoms with van der Waals surface area (Å²) >= 11 is 2.20. The van der Waals surface area contributed by atoms with Gasteiger partial charge in [-0.1, -0.05) is 12.1 Å². The molecule has 3 rings (SSSR count). The molecule has 1 N–H and O–H groups in total. The zero-order valence-electron chi connectivity index (χ0n) is 14.4. The van der Waals surface area contributed by atoms with Gasteiger partial charge >= 0.3 is 11.9 Å². The van der Waals surface area contributed by atoms with Gasteiger partial charge in [0.15, 0.2) is 0 Å². The molecule has 0 spiro atoms. The normalized spacial score (nSPS) is 16.7. The van der Waals surface area contributed by atoms with E-state index >= 15 is 0 Å². The Morgan fingerprint density at radius 2 is 1.96 bits per heavy atom. The Bertz CT molecular complexity index is 951. The van der Waals surface area contributed by atoms with Gasteiger partial charge in [-0.15, -0.1) is 23.1 Å². The predicted molar refractivity (Wildman–Crippen MR) is 101 cm³/mol. The van der Waals surface area contributed by atoms with Crippen molar-refractivity contribution in [3.05, 3.63) is 46.3 Å². The fourth-order valence-corrected chi connectivity index (χ4v) is 4.93. The molecule has 140 valence electrons. The Morgan fingerprint density at radius 1 is 1.26 bits per heavy atom.